The smallest absolute Gasteiger partial charge is 0.253 e. The van der Waals surface area contributed by atoms with E-state index >= 15 is 0 Å². The number of nitrogens with zero attached hydrogens (tertiary/aromatic N) is 2. The van der Waals surface area contributed by atoms with Crippen molar-refractivity contribution >= 4 is 23.2 Å². The predicted octanol–water partition coefficient (Wildman–Crippen LogP) is 2.32. The molecule has 17 heavy (non-hydrogen) atoms. The van der Waals surface area contributed by atoms with Crippen molar-refractivity contribution in [1.29, 1.82) is 0 Å². The van der Waals surface area contributed by atoms with Crippen LogP contribution in [0.5, 0.6) is 0 Å². The summed E-state index contributed by atoms with van der Waals surface area (Å²) in [5, 5.41) is 3.44. The molecule has 5 heteroatoms. The van der Waals surface area contributed by atoms with E-state index in [0.717, 1.165) is 5.69 Å². The molecule has 0 aromatic carbocycles. The van der Waals surface area contributed by atoms with Crippen molar-refractivity contribution in [3.8, 4) is 0 Å². The van der Waals surface area contributed by atoms with Crippen molar-refractivity contribution in [2.45, 2.75) is 6.42 Å². The van der Waals surface area contributed by atoms with E-state index in [-0.39, 0.29) is 5.91 Å². The highest BCUT2D eigenvalue weighted by atomic mass is 35.5. The quantitative estimate of drug-likeness (QED) is 0.875. The lowest BCUT2D eigenvalue weighted by Gasteiger charge is -2.18. The minimum Gasteiger partial charge on any atom is -0.356 e. The molecule has 1 N–H and O–H groups in total. The van der Waals surface area contributed by atoms with E-state index in [2.05, 4.69) is 10.3 Å². The molecule has 88 valence electrons. The molecule has 0 aliphatic carbocycles. The first-order valence-corrected chi connectivity index (χ1v) is 5.53. The Morgan fingerprint density at radius 2 is 2.12 bits per heavy atom. The molecule has 0 saturated carbocycles. The van der Waals surface area contributed by atoms with Crippen LogP contribution in [0.15, 0.2) is 47.5 Å². The lowest BCUT2D eigenvalue weighted by molar-refractivity contribution is -0.113. The molecule has 0 spiro atoms. The van der Waals surface area contributed by atoms with Crippen LogP contribution >= 0.6 is 11.6 Å². The number of carbonyl (C=O) groups excluding carboxylic acids is 1. The van der Waals surface area contributed by atoms with Gasteiger partial charge in [0.05, 0.1) is 0 Å². The number of anilines is 1. The third-order valence-corrected chi connectivity index (χ3v) is 2.52. The van der Waals surface area contributed by atoms with Gasteiger partial charge in [0.15, 0.2) is 0 Å². The summed E-state index contributed by atoms with van der Waals surface area (Å²) in [6.45, 7) is 0. The number of pyridine rings is 1. The molecule has 0 bridgehead atoms. The molecule has 4 nitrogen and oxygen atoms in total. The van der Waals surface area contributed by atoms with Gasteiger partial charge in [-0.1, -0.05) is 11.6 Å². The second kappa shape index (κ2) is 5.01. The lowest BCUT2D eigenvalue weighted by atomic mass is 10.1. The topological polar surface area (TPSA) is 45.2 Å². The van der Waals surface area contributed by atoms with Crippen molar-refractivity contribution in [3.05, 3.63) is 47.5 Å². The van der Waals surface area contributed by atoms with Gasteiger partial charge in [0.25, 0.3) is 5.91 Å². The van der Waals surface area contributed by atoms with Gasteiger partial charge in [-0.15, -0.1) is 0 Å². The zero-order valence-electron chi connectivity index (χ0n) is 9.35. The second-order valence-corrected chi connectivity index (χ2v) is 4.25. The number of hydrogen-bond acceptors (Lipinski definition) is 3. The zero-order chi connectivity index (χ0) is 12.3. The zero-order valence-corrected chi connectivity index (χ0v) is 10.1. The number of halogens is 1. The van der Waals surface area contributed by atoms with Crippen molar-refractivity contribution < 1.29 is 4.79 Å². The van der Waals surface area contributed by atoms with Crippen molar-refractivity contribution in [2.75, 3.05) is 12.4 Å². The Labute approximate surface area is 105 Å². The molecule has 0 saturated heterocycles. The number of aromatic nitrogens is 1. The third-order valence-electron chi connectivity index (χ3n) is 2.29. The molecule has 1 amide bonds. The molecular weight excluding hydrogens is 238 g/mol. The number of nitrogens with one attached hydrogen (secondary N) is 1. The lowest BCUT2D eigenvalue weighted by Crippen LogP contribution is -2.19. The van der Waals surface area contributed by atoms with Gasteiger partial charge in [-0.2, -0.15) is 0 Å². The molecule has 0 radical (unpaired) electrons. The molecule has 1 aromatic heterocycles. The molecule has 1 aromatic rings. The molecule has 0 fully saturated rings. The van der Waals surface area contributed by atoms with Gasteiger partial charge in [0.2, 0.25) is 0 Å². The Hall–Kier alpha value is -1.81. The highest BCUT2D eigenvalue weighted by Crippen LogP contribution is 2.22. The number of carbonyl (C=O) groups is 1. The molecule has 2 rings (SSSR count). The Morgan fingerprint density at radius 1 is 1.41 bits per heavy atom. The first kappa shape index (κ1) is 11.7. The highest BCUT2D eigenvalue weighted by molar-refractivity contribution is 6.30. The van der Waals surface area contributed by atoms with Crippen LogP contribution in [-0.2, 0) is 4.79 Å². The summed E-state index contributed by atoms with van der Waals surface area (Å²) in [5.74, 6) is -0.144. The molecule has 2 heterocycles. The highest BCUT2D eigenvalue weighted by Gasteiger charge is 2.15. The second-order valence-electron chi connectivity index (χ2n) is 3.76. The molecular formula is C12H12ClN3O. The Bertz CT molecular complexity index is 482. The van der Waals surface area contributed by atoms with Crippen LogP contribution < -0.4 is 5.32 Å². The first-order valence-electron chi connectivity index (χ1n) is 5.15. The van der Waals surface area contributed by atoms with E-state index in [4.69, 9.17) is 11.6 Å². The Kier molecular flexibility index (Phi) is 3.44. The van der Waals surface area contributed by atoms with E-state index < -0.39 is 0 Å². The van der Waals surface area contributed by atoms with E-state index in [0.29, 0.717) is 17.0 Å². The molecule has 0 atom stereocenters. The average Bonchev–Trinajstić information content (AvgIpc) is 2.29. The number of amides is 1. The number of allylic oxidation sites excluding steroid dienone is 1. The van der Waals surface area contributed by atoms with E-state index in [1.807, 2.05) is 7.05 Å². The van der Waals surface area contributed by atoms with Crippen molar-refractivity contribution in [1.82, 2.24) is 9.88 Å². The molecule has 0 unspecified atom stereocenters. The van der Waals surface area contributed by atoms with Gasteiger partial charge in [-0.3, -0.25) is 9.78 Å². The average molecular weight is 250 g/mol. The first-order chi connectivity index (χ1) is 8.15. The maximum absolute atomic E-state index is 11.9. The molecule has 1 aliphatic heterocycles. The van der Waals surface area contributed by atoms with Crippen LogP contribution in [-0.4, -0.2) is 22.8 Å². The summed E-state index contributed by atoms with van der Waals surface area (Å²) in [7, 11) is 1.83. The fourth-order valence-electron chi connectivity index (χ4n) is 1.56. The maximum Gasteiger partial charge on any atom is 0.253 e. The standard InChI is InChI=1S/C12H12ClN3O/c1-16-7-9(6-10(13)8-16)12(17)15-11-2-4-14-5-3-11/h2-5,7-8H,6H2,1H3,(H,14,15,17). The number of rotatable bonds is 2. The largest absolute Gasteiger partial charge is 0.356 e. The van der Waals surface area contributed by atoms with Gasteiger partial charge >= 0.3 is 0 Å². The minimum atomic E-state index is -0.144. The fraction of sp³-hybridized carbons (Fsp3) is 0.167. The summed E-state index contributed by atoms with van der Waals surface area (Å²) in [6, 6.07) is 3.48. The van der Waals surface area contributed by atoms with Gasteiger partial charge in [-0.25, -0.2) is 0 Å². The Balaban J connectivity index is 2.07. The van der Waals surface area contributed by atoms with Gasteiger partial charge in [0.1, 0.15) is 0 Å². The summed E-state index contributed by atoms with van der Waals surface area (Å²) in [5.41, 5.74) is 1.36. The normalized spacial score (nSPS) is 15.1. The third kappa shape index (κ3) is 3.07. The van der Waals surface area contributed by atoms with Gasteiger partial charge < -0.3 is 10.2 Å². The Morgan fingerprint density at radius 3 is 2.76 bits per heavy atom. The summed E-state index contributed by atoms with van der Waals surface area (Å²) >= 11 is 5.94. The van der Waals surface area contributed by atoms with E-state index in [1.54, 1.807) is 41.8 Å². The van der Waals surface area contributed by atoms with Crippen LogP contribution in [0.3, 0.4) is 0 Å². The van der Waals surface area contributed by atoms with Gasteiger partial charge in [0, 0.05) is 54.6 Å². The monoisotopic (exact) mass is 249 g/mol. The van der Waals surface area contributed by atoms with Crippen LogP contribution in [0.4, 0.5) is 5.69 Å². The van der Waals surface area contributed by atoms with Crippen LogP contribution in [0, 0.1) is 0 Å². The van der Waals surface area contributed by atoms with Crippen LogP contribution in [0.25, 0.3) is 0 Å². The van der Waals surface area contributed by atoms with Gasteiger partial charge in [-0.05, 0) is 12.1 Å². The van der Waals surface area contributed by atoms with Crippen LogP contribution in [0.2, 0.25) is 0 Å². The summed E-state index contributed by atoms with van der Waals surface area (Å²) in [6.07, 6.45) is 7.27. The summed E-state index contributed by atoms with van der Waals surface area (Å²) in [4.78, 5) is 17.6. The van der Waals surface area contributed by atoms with Crippen LogP contribution in [0.1, 0.15) is 6.42 Å². The minimum absolute atomic E-state index is 0.144. The van der Waals surface area contributed by atoms with E-state index in [1.165, 1.54) is 0 Å². The van der Waals surface area contributed by atoms with Crippen molar-refractivity contribution in [2.24, 2.45) is 0 Å². The predicted molar refractivity (Wildman–Crippen MR) is 67.3 cm³/mol. The SMILES string of the molecule is CN1C=C(Cl)CC(C(=O)Nc2ccncc2)=C1. The van der Waals surface area contributed by atoms with E-state index in [9.17, 15) is 4.79 Å². The summed E-state index contributed by atoms with van der Waals surface area (Å²) < 4.78 is 0. The number of hydrogen-bond donors (Lipinski definition) is 1. The fourth-order valence-corrected chi connectivity index (χ4v) is 1.86. The van der Waals surface area contributed by atoms with Crippen molar-refractivity contribution in [3.63, 3.8) is 0 Å². The maximum atomic E-state index is 11.9. The molecule has 1 aliphatic rings.